The van der Waals surface area contributed by atoms with Crippen molar-refractivity contribution < 1.29 is 28.4 Å². The van der Waals surface area contributed by atoms with Gasteiger partial charge in [0, 0.05) is 23.6 Å². The lowest BCUT2D eigenvalue weighted by atomic mass is 10.0. The van der Waals surface area contributed by atoms with Gasteiger partial charge in [-0.05, 0) is 30.3 Å². The fourth-order valence-corrected chi connectivity index (χ4v) is 2.91. The number of fused-ring (bicyclic) bond motifs is 1. The van der Waals surface area contributed by atoms with Crippen molar-refractivity contribution in [3.05, 3.63) is 59.2 Å². The van der Waals surface area contributed by atoms with Crippen molar-refractivity contribution in [3.8, 4) is 11.5 Å². The van der Waals surface area contributed by atoms with E-state index < -0.39 is 11.6 Å². The minimum atomic E-state index is -0.567. The Morgan fingerprint density at radius 3 is 2.84 bits per heavy atom. The number of benzene rings is 2. The standard InChI is InChI=1S/C18H16F2N2O3/c19-13-3-1-12(15(20)6-13)8-21-9-14-7-16(22-25-14)11-2-4-17-18(5-11)24-10-23-17/h1-6,14,21H,7-10H2/p+1/t14-/m0/s1. The van der Waals surface area contributed by atoms with Gasteiger partial charge in [-0.2, -0.15) is 0 Å². The van der Waals surface area contributed by atoms with Gasteiger partial charge in [-0.1, -0.05) is 5.16 Å². The number of halogens is 2. The van der Waals surface area contributed by atoms with Crippen LogP contribution in [0, 0.1) is 11.6 Å². The topological polar surface area (TPSA) is 56.7 Å². The smallest absolute Gasteiger partial charge is 0.231 e. The van der Waals surface area contributed by atoms with Crippen LogP contribution >= 0.6 is 0 Å². The van der Waals surface area contributed by atoms with E-state index in [0.717, 1.165) is 23.1 Å². The molecule has 0 unspecified atom stereocenters. The maximum absolute atomic E-state index is 13.6. The predicted molar refractivity (Wildman–Crippen MR) is 85.4 cm³/mol. The number of nitrogens with two attached hydrogens (primary N) is 1. The van der Waals surface area contributed by atoms with Crippen LogP contribution < -0.4 is 14.8 Å². The highest BCUT2D eigenvalue weighted by molar-refractivity contribution is 6.01. The summed E-state index contributed by atoms with van der Waals surface area (Å²) in [5.74, 6) is 0.347. The van der Waals surface area contributed by atoms with Crippen LogP contribution in [0.1, 0.15) is 17.5 Å². The summed E-state index contributed by atoms with van der Waals surface area (Å²) < 4.78 is 37.2. The summed E-state index contributed by atoms with van der Waals surface area (Å²) in [6, 6.07) is 9.30. The molecule has 25 heavy (non-hydrogen) atoms. The van der Waals surface area contributed by atoms with Crippen LogP contribution in [0.2, 0.25) is 0 Å². The third-order valence-electron chi connectivity index (χ3n) is 4.25. The quantitative estimate of drug-likeness (QED) is 0.899. The first-order valence-corrected chi connectivity index (χ1v) is 8.07. The molecule has 0 aromatic heterocycles. The van der Waals surface area contributed by atoms with E-state index >= 15 is 0 Å². The van der Waals surface area contributed by atoms with E-state index in [-0.39, 0.29) is 12.9 Å². The van der Waals surface area contributed by atoms with Gasteiger partial charge in [-0.15, -0.1) is 0 Å². The van der Waals surface area contributed by atoms with E-state index in [4.69, 9.17) is 14.3 Å². The van der Waals surface area contributed by atoms with Crippen molar-refractivity contribution in [2.24, 2.45) is 5.16 Å². The van der Waals surface area contributed by atoms with Crippen molar-refractivity contribution in [2.45, 2.75) is 19.1 Å². The Morgan fingerprint density at radius 2 is 1.96 bits per heavy atom. The number of hydrogen-bond donors (Lipinski definition) is 1. The van der Waals surface area contributed by atoms with Crippen LogP contribution in [0.3, 0.4) is 0 Å². The molecule has 2 N–H and O–H groups in total. The first-order chi connectivity index (χ1) is 12.2. The zero-order valence-electron chi connectivity index (χ0n) is 13.4. The molecule has 7 heteroatoms. The second-order valence-electron chi connectivity index (χ2n) is 6.00. The van der Waals surface area contributed by atoms with Gasteiger partial charge in [0.15, 0.2) is 17.6 Å². The Balaban J connectivity index is 1.30. The van der Waals surface area contributed by atoms with E-state index in [1.54, 1.807) is 0 Å². The van der Waals surface area contributed by atoms with Gasteiger partial charge in [-0.25, -0.2) is 8.78 Å². The van der Waals surface area contributed by atoms with Gasteiger partial charge in [0.25, 0.3) is 0 Å². The summed E-state index contributed by atoms with van der Waals surface area (Å²) in [5.41, 5.74) is 2.26. The Hall–Kier alpha value is -2.67. The molecule has 5 nitrogen and oxygen atoms in total. The Kier molecular flexibility index (Phi) is 4.23. The van der Waals surface area contributed by atoms with Gasteiger partial charge in [-0.3, -0.25) is 0 Å². The zero-order chi connectivity index (χ0) is 17.2. The lowest BCUT2D eigenvalue weighted by Crippen LogP contribution is -2.84. The minimum absolute atomic E-state index is 0.0797. The van der Waals surface area contributed by atoms with Crippen LogP contribution in [0.4, 0.5) is 8.78 Å². The monoisotopic (exact) mass is 347 g/mol. The molecule has 0 saturated heterocycles. The lowest BCUT2D eigenvalue weighted by Gasteiger charge is -2.08. The normalized spacial score (nSPS) is 18.2. The molecule has 130 valence electrons. The summed E-state index contributed by atoms with van der Waals surface area (Å²) in [7, 11) is 0. The molecule has 0 aliphatic carbocycles. The van der Waals surface area contributed by atoms with Crippen LogP contribution in [-0.4, -0.2) is 25.2 Å². The van der Waals surface area contributed by atoms with Gasteiger partial charge in [0.1, 0.15) is 24.7 Å². The summed E-state index contributed by atoms with van der Waals surface area (Å²) in [6.07, 6.45) is 0.589. The van der Waals surface area contributed by atoms with Gasteiger partial charge in [0.2, 0.25) is 6.79 Å². The second-order valence-corrected chi connectivity index (χ2v) is 6.00. The van der Waals surface area contributed by atoms with Crippen molar-refractivity contribution in [1.82, 2.24) is 0 Å². The molecule has 0 fully saturated rings. The molecule has 1 atom stereocenters. The fourth-order valence-electron chi connectivity index (χ4n) is 2.91. The molecule has 0 saturated carbocycles. The third kappa shape index (κ3) is 3.41. The molecule has 2 aliphatic rings. The summed E-state index contributed by atoms with van der Waals surface area (Å²) in [5, 5.41) is 6.07. The van der Waals surface area contributed by atoms with Crippen molar-refractivity contribution in [2.75, 3.05) is 13.3 Å². The van der Waals surface area contributed by atoms with E-state index in [9.17, 15) is 8.78 Å². The van der Waals surface area contributed by atoms with E-state index in [0.29, 0.717) is 30.8 Å². The van der Waals surface area contributed by atoms with Gasteiger partial charge in [0.05, 0.1) is 5.71 Å². The third-order valence-corrected chi connectivity index (χ3v) is 4.25. The number of ether oxygens (including phenoxy) is 2. The van der Waals surface area contributed by atoms with Crippen molar-refractivity contribution in [1.29, 1.82) is 0 Å². The fraction of sp³-hybridized carbons (Fsp3) is 0.278. The average molecular weight is 347 g/mol. The molecule has 2 heterocycles. The molecule has 2 aliphatic heterocycles. The van der Waals surface area contributed by atoms with E-state index in [1.807, 2.05) is 23.5 Å². The van der Waals surface area contributed by atoms with Crippen LogP contribution in [-0.2, 0) is 11.4 Å². The van der Waals surface area contributed by atoms with Crippen molar-refractivity contribution >= 4 is 5.71 Å². The van der Waals surface area contributed by atoms with E-state index in [1.165, 1.54) is 12.1 Å². The number of quaternary nitrogens is 1. The molecule has 2 aromatic carbocycles. The van der Waals surface area contributed by atoms with Gasteiger partial charge < -0.3 is 19.6 Å². The highest BCUT2D eigenvalue weighted by atomic mass is 19.1. The predicted octanol–water partition coefficient (Wildman–Crippen LogP) is 1.95. The number of rotatable bonds is 5. The molecule has 0 amide bonds. The van der Waals surface area contributed by atoms with E-state index in [2.05, 4.69) is 5.16 Å². The molecule has 0 spiro atoms. The lowest BCUT2D eigenvalue weighted by molar-refractivity contribution is -0.676. The van der Waals surface area contributed by atoms with Crippen molar-refractivity contribution in [3.63, 3.8) is 0 Å². The Labute approximate surface area is 143 Å². The van der Waals surface area contributed by atoms with Crippen LogP contribution in [0.25, 0.3) is 0 Å². The molecule has 0 bridgehead atoms. The van der Waals surface area contributed by atoms with Gasteiger partial charge >= 0.3 is 0 Å². The highest BCUT2D eigenvalue weighted by Crippen LogP contribution is 2.33. The Bertz CT molecular complexity index is 826. The zero-order valence-corrected chi connectivity index (χ0v) is 13.4. The highest BCUT2D eigenvalue weighted by Gasteiger charge is 2.25. The second kappa shape index (κ2) is 6.68. The summed E-state index contributed by atoms with van der Waals surface area (Å²) in [4.78, 5) is 5.46. The maximum atomic E-state index is 13.6. The SMILES string of the molecule is Fc1ccc(C[NH2+]C[C@@H]2CC(c3ccc4c(c3)OCO4)=NO2)c(F)c1. The average Bonchev–Trinajstić information content (AvgIpc) is 3.25. The maximum Gasteiger partial charge on any atom is 0.231 e. The number of oxime groups is 1. The molecule has 0 radical (unpaired) electrons. The minimum Gasteiger partial charge on any atom is -0.454 e. The number of nitrogens with zero attached hydrogens (tertiary/aromatic N) is 1. The number of hydrogen-bond acceptors (Lipinski definition) is 4. The molecule has 4 rings (SSSR count). The first-order valence-electron chi connectivity index (χ1n) is 8.07. The largest absolute Gasteiger partial charge is 0.454 e. The molecular weight excluding hydrogens is 330 g/mol. The molecular formula is C18H17F2N2O3+. The summed E-state index contributed by atoms with van der Waals surface area (Å²) >= 11 is 0. The first kappa shape index (κ1) is 15.8. The van der Waals surface area contributed by atoms with Crippen LogP contribution in [0.15, 0.2) is 41.6 Å². The summed E-state index contributed by atoms with van der Waals surface area (Å²) in [6.45, 7) is 1.29. The Morgan fingerprint density at radius 1 is 1.08 bits per heavy atom. The van der Waals surface area contributed by atoms with Crippen LogP contribution in [0.5, 0.6) is 11.5 Å². The molecule has 2 aromatic rings.